The third-order valence-electron chi connectivity index (χ3n) is 5.00. The molecule has 5 nitrogen and oxygen atoms in total. The largest absolute Gasteiger partial charge is 0.465 e. The summed E-state index contributed by atoms with van der Waals surface area (Å²) in [7, 11) is -0.127. The van der Waals surface area contributed by atoms with Gasteiger partial charge < -0.3 is 19.3 Å². The molecule has 1 amide bonds. The number of likely N-dealkylation sites (tertiary alicyclic amines) is 1. The van der Waals surface area contributed by atoms with E-state index in [0.717, 1.165) is 25.6 Å². The van der Waals surface area contributed by atoms with Gasteiger partial charge in [0.2, 0.25) is 0 Å². The van der Waals surface area contributed by atoms with Crippen LogP contribution >= 0.6 is 0 Å². The van der Waals surface area contributed by atoms with Crippen molar-refractivity contribution in [1.82, 2.24) is 4.90 Å². The molecule has 20 heavy (non-hydrogen) atoms. The summed E-state index contributed by atoms with van der Waals surface area (Å²) in [5.74, 6) is 0.588. The normalized spacial score (nSPS) is 26.0. The van der Waals surface area contributed by atoms with Crippen LogP contribution in [-0.4, -0.2) is 47.5 Å². The van der Waals surface area contributed by atoms with Gasteiger partial charge in [-0.05, 0) is 52.8 Å². The summed E-state index contributed by atoms with van der Waals surface area (Å²) in [6, 6.07) is 0. The molecule has 2 aliphatic rings. The zero-order chi connectivity index (χ0) is 15.0. The lowest BCUT2D eigenvalue weighted by Gasteiger charge is -2.32. The average molecular weight is 283 g/mol. The topological polar surface area (TPSA) is 59.0 Å². The number of piperidine rings is 1. The van der Waals surface area contributed by atoms with Crippen LogP contribution in [0.4, 0.5) is 4.79 Å². The first-order valence-electron chi connectivity index (χ1n) is 7.55. The highest BCUT2D eigenvalue weighted by Crippen LogP contribution is 2.38. The molecule has 0 bridgehead atoms. The highest BCUT2D eigenvalue weighted by molar-refractivity contribution is 6.45. The molecule has 2 aliphatic heterocycles. The first-order valence-corrected chi connectivity index (χ1v) is 7.55. The Balaban J connectivity index is 1.74. The van der Waals surface area contributed by atoms with E-state index in [4.69, 9.17) is 14.4 Å². The van der Waals surface area contributed by atoms with Crippen molar-refractivity contribution in [3.63, 3.8) is 0 Å². The molecule has 0 aromatic carbocycles. The van der Waals surface area contributed by atoms with Gasteiger partial charge in [0.15, 0.2) is 0 Å². The van der Waals surface area contributed by atoms with Crippen molar-refractivity contribution in [3.05, 3.63) is 0 Å². The van der Waals surface area contributed by atoms with Crippen LogP contribution in [0.15, 0.2) is 0 Å². The van der Waals surface area contributed by atoms with E-state index in [1.165, 1.54) is 4.90 Å². The first-order chi connectivity index (χ1) is 9.21. The minimum Gasteiger partial charge on any atom is -0.465 e. The molecule has 2 heterocycles. The Hall–Kier alpha value is -0.745. The third kappa shape index (κ3) is 3.28. The van der Waals surface area contributed by atoms with Gasteiger partial charge in [0.1, 0.15) is 0 Å². The quantitative estimate of drug-likeness (QED) is 0.809. The number of hydrogen-bond donors (Lipinski definition) is 1. The molecule has 114 valence electrons. The number of hydrogen-bond acceptors (Lipinski definition) is 3. The molecule has 0 aromatic heterocycles. The summed E-state index contributed by atoms with van der Waals surface area (Å²) in [6.07, 6.45) is 3.04. The number of nitrogens with zero attached hydrogens (tertiary/aromatic N) is 1. The van der Waals surface area contributed by atoms with Gasteiger partial charge in [-0.3, -0.25) is 0 Å². The lowest BCUT2D eigenvalue weighted by molar-refractivity contribution is 0.00578. The number of carboxylic acid groups (broad SMARTS) is 1. The van der Waals surface area contributed by atoms with E-state index in [1.807, 2.05) is 0 Å². The summed E-state index contributed by atoms with van der Waals surface area (Å²) >= 11 is 0. The molecule has 2 rings (SSSR count). The zero-order valence-corrected chi connectivity index (χ0v) is 13.0. The molecule has 0 radical (unpaired) electrons. The smallest absolute Gasteiger partial charge is 0.457 e. The van der Waals surface area contributed by atoms with Crippen LogP contribution in [-0.2, 0) is 9.31 Å². The van der Waals surface area contributed by atoms with Gasteiger partial charge in [-0.1, -0.05) is 6.42 Å². The van der Waals surface area contributed by atoms with Gasteiger partial charge in [-0.25, -0.2) is 4.79 Å². The maximum Gasteiger partial charge on any atom is 0.457 e. The molecule has 0 spiro atoms. The Kier molecular flexibility index (Phi) is 4.35. The molecule has 0 saturated carbocycles. The SMILES string of the molecule is CC1(C)OB(CCC2CCN(C(=O)O)CC2)OC1(C)C. The molecule has 6 heteroatoms. The summed E-state index contributed by atoms with van der Waals surface area (Å²) < 4.78 is 12.0. The highest BCUT2D eigenvalue weighted by Gasteiger charge is 2.50. The van der Waals surface area contributed by atoms with Crippen molar-refractivity contribution in [2.45, 2.75) is 64.5 Å². The Morgan fingerprint density at radius 1 is 1.20 bits per heavy atom. The predicted octanol–water partition coefficient (Wildman–Crippen LogP) is 2.86. The summed E-state index contributed by atoms with van der Waals surface area (Å²) in [6.45, 7) is 9.58. The van der Waals surface area contributed by atoms with Crippen LogP contribution in [0.25, 0.3) is 0 Å². The Morgan fingerprint density at radius 2 is 1.70 bits per heavy atom. The van der Waals surface area contributed by atoms with E-state index in [-0.39, 0.29) is 18.3 Å². The molecule has 0 aliphatic carbocycles. The first kappa shape index (κ1) is 15.6. The Morgan fingerprint density at radius 3 is 2.15 bits per heavy atom. The molecule has 2 saturated heterocycles. The van der Waals surface area contributed by atoms with Crippen LogP contribution in [0.3, 0.4) is 0 Å². The second-order valence-corrected chi connectivity index (χ2v) is 6.98. The van der Waals surface area contributed by atoms with Gasteiger partial charge in [0.05, 0.1) is 11.2 Å². The number of carbonyl (C=O) groups is 1. The van der Waals surface area contributed by atoms with Crippen LogP contribution in [0.1, 0.15) is 47.0 Å². The highest BCUT2D eigenvalue weighted by atomic mass is 16.7. The van der Waals surface area contributed by atoms with Gasteiger partial charge in [-0.2, -0.15) is 0 Å². The van der Waals surface area contributed by atoms with E-state index in [2.05, 4.69) is 27.7 Å². The maximum absolute atomic E-state index is 10.9. The number of amides is 1. The Bertz CT molecular complexity index is 348. The van der Waals surface area contributed by atoms with Crippen molar-refractivity contribution >= 4 is 13.2 Å². The van der Waals surface area contributed by atoms with E-state index < -0.39 is 6.09 Å². The lowest BCUT2D eigenvalue weighted by Crippen LogP contribution is -2.41. The fourth-order valence-electron chi connectivity index (χ4n) is 2.87. The van der Waals surface area contributed by atoms with Crippen molar-refractivity contribution in [2.24, 2.45) is 5.92 Å². The standard InChI is InChI=1S/C14H26BNO4/c1-13(2)14(3,4)20-15(19-13)8-5-11-6-9-16(10-7-11)12(17)18/h11H,5-10H2,1-4H3,(H,17,18). The van der Waals surface area contributed by atoms with Gasteiger partial charge in [-0.15, -0.1) is 0 Å². The minimum absolute atomic E-state index is 0.127. The second kappa shape index (κ2) is 5.56. The van der Waals surface area contributed by atoms with Crippen LogP contribution in [0.2, 0.25) is 6.32 Å². The summed E-state index contributed by atoms with van der Waals surface area (Å²) in [4.78, 5) is 12.4. The molecule has 0 unspecified atom stereocenters. The lowest BCUT2D eigenvalue weighted by atomic mass is 9.78. The predicted molar refractivity (Wildman–Crippen MR) is 77.8 cm³/mol. The molecule has 0 atom stereocenters. The number of rotatable bonds is 3. The van der Waals surface area contributed by atoms with Crippen molar-refractivity contribution in [3.8, 4) is 0 Å². The van der Waals surface area contributed by atoms with Crippen LogP contribution in [0, 0.1) is 5.92 Å². The molecule has 1 N–H and O–H groups in total. The van der Waals surface area contributed by atoms with Crippen molar-refractivity contribution in [1.29, 1.82) is 0 Å². The average Bonchev–Trinajstić information content (AvgIpc) is 2.56. The minimum atomic E-state index is -0.797. The van der Waals surface area contributed by atoms with E-state index >= 15 is 0 Å². The van der Waals surface area contributed by atoms with Gasteiger partial charge in [0.25, 0.3) is 0 Å². The summed E-state index contributed by atoms with van der Waals surface area (Å²) in [5.41, 5.74) is -0.519. The van der Waals surface area contributed by atoms with Crippen molar-refractivity contribution in [2.75, 3.05) is 13.1 Å². The van der Waals surface area contributed by atoms with E-state index in [9.17, 15) is 4.79 Å². The van der Waals surface area contributed by atoms with Crippen LogP contribution in [0.5, 0.6) is 0 Å². The monoisotopic (exact) mass is 283 g/mol. The molecular weight excluding hydrogens is 257 g/mol. The fraction of sp³-hybridized carbons (Fsp3) is 0.929. The second-order valence-electron chi connectivity index (χ2n) is 6.98. The summed E-state index contributed by atoms with van der Waals surface area (Å²) in [5, 5.41) is 8.93. The maximum atomic E-state index is 10.9. The molecule has 2 fully saturated rings. The molecular formula is C14H26BNO4. The van der Waals surface area contributed by atoms with E-state index in [0.29, 0.717) is 19.0 Å². The molecule has 0 aromatic rings. The third-order valence-corrected chi connectivity index (χ3v) is 5.00. The van der Waals surface area contributed by atoms with Crippen LogP contribution < -0.4 is 0 Å². The zero-order valence-electron chi connectivity index (χ0n) is 13.0. The van der Waals surface area contributed by atoms with Gasteiger partial charge >= 0.3 is 13.2 Å². The Labute approximate surface area is 121 Å². The van der Waals surface area contributed by atoms with Gasteiger partial charge in [0, 0.05) is 13.1 Å². The fourth-order valence-corrected chi connectivity index (χ4v) is 2.87. The van der Waals surface area contributed by atoms with Crippen molar-refractivity contribution < 1.29 is 19.2 Å². The van der Waals surface area contributed by atoms with E-state index in [1.54, 1.807) is 0 Å².